The minimum absolute atomic E-state index is 0.0255. The number of esters is 1. The van der Waals surface area contributed by atoms with Crippen molar-refractivity contribution in [2.45, 2.75) is 13.3 Å². The summed E-state index contributed by atoms with van der Waals surface area (Å²) in [5.41, 5.74) is 1.39. The van der Waals surface area contributed by atoms with Crippen LogP contribution >= 0.6 is 0 Å². The van der Waals surface area contributed by atoms with Crippen LogP contribution in [0.25, 0.3) is 0 Å². The van der Waals surface area contributed by atoms with E-state index in [0.29, 0.717) is 31.7 Å². The molecular formula is C16H25N3O3. The van der Waals surface area contributed by atoms with Crippen molar-refractivity contribution in [3.05, 3.63) is 29.8 Å². The second-order valence-corrected chi connectivity index (χ2v) is 5.13. The molecule has 0 atom stereocenters. The van der Waals surface area contributed by atoms with Crippen molar-refractivity contribution in [3.63, 3.8) is 0 Å². The van der Waals surface area contributed by atoms with Crippen LogP contribution < -0.4 is 10.6 Å². The first-order valence-corrected chi connectivity index (χ1v) is 7.45. The molecule has 0 aliphatic rings. The summed E-state index contributed by atoms with van der Waals surface area (Å²) < 4.78 is 4.92. The Morgan fingerprint density at radius 1 is 1.14 bits per heavy atom. The molecule has 0 saturated carbocycles. The van der Waals surface area contributed by atoms with Gasteiger partial charge < -0.3 is 20.3 Å². The number of carbonyl (C=O) groups excluding carboxylic acids is 2. The zero-order chi connectivity index (χ0) is 16.4. The third-order valence-corrected chi connectivity index (χ3v) is 2.96. The second-order valence-electron chi connectivity index (χ2n) is 5.13. The number of hydrogen-bond acceptors (Lipinski definition) is 5. The van der Waals surface area contributed by atoms with Gasteiger partial charge in [0, 0.05) is 31.7 Å². The predicted molar refractivity (Wildman–Crippen MR) is 87.1 cm³/mol. The van der Waals surface area contributed by atoms with Gasteiger partial charge in [-0.3, -0.25) is 4.79 Å². The Kier molecular flexibility index (Phi) is 7.99. The number of hydrogen-bond donors (Lipinski definition) is 2. The Morgan fingerprint density at radius 3 is 2.41 bits per heavy atom. The number of nitrogens with zero attached hydrogens (tertiary/aromatic N) is 1. The fraction of sp³-hybridized carbons (Fsp3) is 0.500. The summed E-state index contributed by atoms with van der Waals surface area (Å²) in [5, 5.41) is 6.01. The van der Waals surface area contributed by atoms with Crippen LogP contribution in [0.5, 0.6) is 0 Å². The third-order valence-electron chi connectivity index (χ3n) is 2.96. The molecule has 0 aliphatic carbocycles. The average molecular weight is 307 g/mol. The van der Waals surface area contributed by atoms with E-state index in [0.717, 1.165) is 12.2 Å². The van der Waals surface area contributed by atoms with Crippen LogP contribution in [0.4, 0.5) is 5.69 Å². The molecule has 2 N–H and O–H groups in total. The van der Waals surface area contributed by atoms with E-state index in [-0.39, 0.29) is 11.9 Å². The molecule has 122 valence electrons. The standard InChI is InChI=1S/C16H25N3O3/c1-4-22-16(21)13-5-7-14(8-6-13)17-10-9-15(20)18-11-12-19(2)3/h5-8,17H,4,9-12H2,1-3H3,(H,18,20). The second kappa shape index (κ2) is 9.78. The molecule has 0 radical (unpaired) electrons. The summed E-state index contributed by atoms with van der Waals surface area (Å²) >= 11 is 0. The van der Waals surface area contributed by atoms with Crippen LogP contribution in [0.15, 0.2) is 24.3 Å². The number of anilines is 1. The lowest BCUT2D eigenvalue weighted by molar-refractivity contribution is -0.120. The van der Waals surface area contributed by atoms with Crippen LogP contribution in [-0.2, 0) is 9.53 Å². The lowest BCUT2D eigenvalue weighted by Gasteiger charge is -2.11. The lowest BCUT2D eigenvalue weighted by Crippen LogP contribution is -2.32. The maximum Gasteiger partial charge on any atom is 0.338 e. The van der Waals surface area contributed by atoms with E-state index >= 15 is 0 Å². The number of carbonyl (C=O) groups is 2. The van der Waals surface area contributed by atoms with Crippen molar-refractivity contribution in [1.82, 2.24) is 10.2 Å². The highest BCUT2D eigenvalue weighted by molar-refractivity contribution is 5.89. The van der Waals surface area contributed by atoms with Gasteiger partial charge in [-0.25, -0.2) is 4.79 Å². The summed E-state index contributed by atoms with van der Waals surface area (Å²) in [6, 6.07) is 7.02. The van der Waals surface area contributed by atoms with Crippen molar-refractivity contribution < 1.29 is 14.3 Å². The topological polar surface area (TPSA) is 70.7 Å². The highest BCUT2D eigenvalue weighted by Crippen LogP contribution is 2.10. The molecule has 1 rings (SSSR count). The lowest BCUT2D eigenvalue weighted by atomic mass is 10.2. The summed E-state index contributed by atoms with van der Waals surface area (Å²) in [5.74, 6) is -0.299. The van der Waals surface area contributed by atoms with Crippen molar-refractivity contribution in [1.29, 1.82) is 0 Å². The van der Waals surface area contributed by atoms with Gasteiger partial charge in [-0.1, -0.05) is 0 Å². The van der Waals surface area contributed by atoms with Crippen LogP contribution in [-0.4, -0.2) is 57.1 Å². The van der Waals surface area contributed by atoms with Crippen LogP contribution in [0.2, 0.25) is 0 Å². The first kappa shape index (κ1) is 18.0. The van der Waals surface area contributed by atoms with Gasteiger partial charge in [-0.05, 0) is 45.3 Å². The van der Waals surface area contributed by atoms with Gasteiger partial charge in [0.25, 0.3) is 0 Å². The number of rotatable bonds is 9. The molecular weight excluding hydrogens is 282 g/mol. The molecule has 6 heteroatoms. The van der Waals surface area contributed by atoms with Gasteiger partial charge >= 0.3 is 5.97 Å². The first-order valence-electron chi connectivity index (χ1n) is 7.45. The summed E-state index contributed by atoms with van der Waals surface area (Å²) in [7, 11) is 3.93. The summed E-state index contributed by atoms with van der Waals surface area (Å²) in [4.78, 5) is 25.1. The minimum atomic E-state index is -0.325. The van der Waals surface area contributed by atoms with Crippen molar-refractivity contribution in [2.75, 3.05) is 45.7 Å². The summed E-state index contributed by atoms with van der Waals surface area (Å²) in [6.45, 7) is 4.17. The van der Waals surface area contributed by atoms with Crippen LogP contribution in [0.1, 0.15) is 23.7 Å². The van der Waals surface area contributed by atoms with Crippen molar-refractivity contribution in [2.24, 2.45) is 0 Å². The van der Waals surface area contributed by atoms with E-state index in [1.54, 1.807) is 31.2 Å². The molecule has 0 aliphatic heterocycles. The van der Waals surface area contributed by atoms with E-state index in [4.69, 9.17) is 4.74 Å². The molecule has 0 saturated heterocycles. The minimum Gasteiger partial charge on any atom is -0.462 e. The normalized spacial score (nSPS) is 10.4. The first-order chi connectivity index (χ1) is 10.5. The molecule has 1 aromatic rings. The maximum atomic E-state index is 11.6. The van der Waals surface area contributed by atoms with Crippen molar-refractivity contribution >= 4 is 17.6 Å². The molecule has 0 unspecified atom stereocenters. The Bertz CT molecular complexity index is 472. The van der Waals surface area contributed by atoms with Gasteiger partial charge in [-0.15, -0.1) is 0 Å². The van der Waals surface area contributed by atoms with Crippen molar-refractivity contribution in [3.8, 4) is 0 Å². The average Bonchev–Trinajstić information content (AvgIpc) is 2.48. The fourth-order valence-corrected chi connectivity index (χ4v) is 1.77. The molecule has 0 bridgehead atoms. The SMILES string of the molecule is CCOC(=O)c1ccc(NCCC(=O)NCCN(C)C)cc1. The number of likely N-dealkylation sites (N-methyl/N-ethyl adjacent to an activating group) is 1. The van der Waals surface area contributed by atoms with Crippen LogP contribution in [0.3, 0.4) is 0 Å². The molecule has 1 amide bonds. The zero-order valence-corrected chi connectivity index (χ0v) is 13.5. The molecule has 22 heavy (non-hydrogen) atoms. The number of benzene rings is 1. The van der Waals surface area contributed by atoms with E-state index in [1.165, 1.54) is 0 Å². The Morgan fingerprint density at radius 2 is 1.82 bits per heavy atom. The van der Waals surface area contributed by atoms with Crippen LogP contribution in [0, 0.1) is 0 Å². The van der Waals surface area contributed by atoms with E-state index in [9.17, 15) is 9.59 Å². The Labute approximate surface area is 131 Å². The quantitative estimate of drug-likeness (QED) is 0.674. The number of nitrogens with one attached hydrogen (secondary N) is 2. The molecule has 1 aromatic carbocycles. The maximum absolute atomic E-state index is 11.6. The number of amides is 1. The molecule has 0 fully saturated rings. The van der Waals surface area contributed by atoms with Gasteiger partial charge in [0.1, 0.15) is 0 Å². The fourth-order valence-electron chi connectivity index (χ4n) is 1.77. The molecule has 0 heterocycles. The third kappa shape index (κ3) is 7.08. The van der Waals surface area contributed by atoms with Gasteiger partial charge in [0.15, 0.2) is 0 Å². The molecule has 0 aromatic heterocycles. The molecule has 0 spiro atoms. The highest BCUT2D eigenvalue weighted by atomic mass is 16.5. The van der Waals surface area contributed by atoms with E-state index in [2.05, 4.69) is 10.6 Å². The van der Waals surface area contributed by atoms with Gasteiger partial charge in [0.05, 0.1) is 12.2 Å². The summed E-state index contributed by atoms with van der Waals surface area (Å²) in [6.07, 6.45) is 0.410. The number of ether oxygens (including phenoxy) is 1. The highest BCUT2D eigenvalue weighted by Gasteiger charge is 2.05. The van der Waals surface area contributed by atoms with E-state index < -0.39 is 0 Å². The monoisotopic (exact) mass is 307 g/mol. The van der Waals surface area contributed by atoms with Gasteiger partial charge in [-0.2, -0.15) is 0 Å². The molecule has 6 nitrogen and oxygen atoms in total. The van der Waals surface area contributed by atoms with E-state index in [1.807, 2.05) is 19.0 Å². The largest absolute Gasteiger partial charge is 0.462 e. The smallest absolute Gasteiger partial charge is 0.338 e. The Balaban J connectivity index is 2.27. The van der Waals surface area contributed by atoms with Gasteiger partial charge in [0.2, 0.25) is 5.91 Å². The Hall–Kier alpha value is -2.08. The predicted octanol–water partition coefficient (Wildman–Crippen LogP) is 1.34. The zero-order valence-electron chi connectivity index (χ0n) is 13.5.